The summed E-state index contributed by atoms with van der Waals surface area (Å²) in [5, 5.41) is 9.33. The first kappa shape index (κ1) is 16.2. The number of aliphatic carboxylic acids is 1. The van der Waals surface area contributed by atoms with Crippen LogP contribution in [0.1, 0.15) is 35.6 Å². The number of likely N-dealkylation sites (tertiary alicyclic amines) is 1. The van der Waals surface area contributed by atoms with Crippen LogP contribution in [0.15, 0.2) is 60.9 Å². The number of rotatable bonds is 5. The Morgan fingerprint density at radius 3 is 2.75 bits per heavy atom. The van der Waals surface area contributed by atoms with Crippen molar-refractivity contribution in [2.24, 2.45) is 0 Å². The average Bonchev–Trinajstić information content (AvgIpc) is 3.06. The predicted molar refractivity (Wildman–Crippen MR) is 93.8 cm³/mol. The lowest BCUT2D eigenvalue weighted by Crippen LogP contribution is -2.31. The van der Waals surface area contributed by atoms with Crippen LogP contribution in [-0.4, -0.2) is 33.5 Å². The van der Waals surface area contributed by atoms with Gasteiger partial charge in [-0.25, -0.2) is 4.79 Å². The van der Waals surface area contributed by atoms with Crippen LogP contribution in [-0.2, 0) is 4.79 Å². The number of hydrogen-bond donors (Lipinski definition) is 1. The molecule has 1 aliphatic heterocycles. The lowest BCUT2D eigenvalue weighted by molar-refractivity contribution is -0.141. The Labute approximate surface area is 142 Å². The minimum absolute atomic E-state index is 0.0156. The minimum Gasteiger partial charge on any atom is -0.480 e. The highest BCUT2D eigenvalue weighted by Gasteiger charge is 2.28. The molecule has 2 unspecified atom stereocenters. The molecule has 0 saturated carbocycles. The van der Waals surface area contributed by atoms with Gasteiger partial charge >= 0.3 is 5.97 Å². The lowest BCUT2D eigenvalue weighted by atomic mass is 9.94. The second kappa shape index (κ2) is 7.30. The van der Waals surface area contributed by atoms with Gasteiger partial charge in [0, 0.05) is 18.7 Å². The van der Waals surface area contributed by atoms with E-state index in [1.165, 1.54) is 5.56 Å². The Morgan fingerprint density at radius 1 is 1.29 bits per heavy atom. The molecule has 1 N–H and O–H groups in total. The number of pyridine rings is 1. The fourth-order valence-corrected chi connectivity index (χ4v) is 3.14. The van der Waals surface area contributed by atoms with Crippen LogP contribution in [0.2, 0.25) is 0 Å². The lowest BCUT2D eigenvalue weighted by Gasteiger charge is -2.20. The van der Waals surface area contributed by atoms with Crippen LogP contribution < -0.4 is 0 Å². The Bertz CT molecular complexity index is 710. The first-order chi connectivity index (χ1) is 11.6. The summed E-state index contributed by atoms with van der Waals surface area (Å²) in [7, 11) is 0. The summed E-state index contributed by atoms with van der Waals surface area (Å²) in [5.74, 6) is -0.733. The van der Waals surface area contributed by atoms with Crippen molar-refractivity contribution in [2.75, 3.05) is 6.54 Å². The number of hydrogen-bond acceptors (Lipinski definition) is 3. The zero-order valence-corrected chi connectivity index (χ0v) is 13.8. The molecule has 1 saturated heterocycles. The van der Waals surface area contributed by atoms with Gasteiger partial charge in [-0.2, -0.15) is 0 Å². The second-order valence-electron chi connectivity index (χ2n) is 6.22. The first-order valence-electron chi connectivity index (χ1n) is 8.29. The topological polar surface area (TPSA) is 53.4 Å². The maximum atomic E-state index is 11.3. The summed E-state index contributed by atoms with van der Waals surface area (Å²) in [5.41, 5.74) is 3.33. The van der Waals surface area contributed by atoms with E-state index >= 15 is 0 Å². The van der Waals surface area contributed by atoms with Crippen LogP contribution in [0, 0.1) is 6.92 Å². The summed E-state index contributed by atoms with van der Waals surface area (Å²) in [6.45, 7) is 2.85. The summed E-state index contributed by atoms with van der Waals surface area (Å²) in [6, 6.07) is 13.9. The van der Waals surface area contributed by atoms with E-state index in [4.69, 9.17) is 0 Å². The van der Waals surface area contributed by atoms with Crippen LogP contribution in [0.5, 0.6) is 0 Å². The van der Waals surface area contributed by atoms with E-state index in [0.717, 1.165) is 24.2 Å². The van der Waals surface area contributed by atoms with E-state index < -0.39 is 12.0 Å². The Morgan fingerprint density at radius 2 is 2.08 bits per heavy atom. The first-order valence-corrected chi connectivity index (χ1v) is 8.29. The smallest absolute Gasteiger partial charge is 0.326 e. The van der Waals surface area contributed by atoms with E-state index in [1.807, 2.05) is 29.3 Å². The van der Waals surface area contributed by atoms with Crippen LogP contribution in [0.4, 0.5) is 0 Å². The number of benzene rings is 1. The molecule has 0 spiro atoms. The number of aryl methyl sites for hydroxylation is 1. The standard InChI is InChI=1S/C20H22N2O2/c1-15-7-9-16(10-8-15)17(18-5-2-3-12-21-18)11-14-22-13-4-6-19(22)20(23)24/h2-3,5,7-12,14,17,19H,4,6,13H2,1H3,(H,23,24). The largest absolute Gasteiger partial charge is 0.480 e. The zero-order chi connectivity index (χ0) is 16.9. The van der Waals surface area contributed by atoms with Crippen LogP contribution in [0.3, 0.4) is 0 Å². The SMILES string of the molecule is Cc1ccc(C(C=CN2CCCC2C(=O)O)c2ccccn2)cc1. The molecule has 1 aromatic heterocycles. The third-order valence-electron chi connectivity index (χ3n) is 4.49. The van der Waals surface area contributed by atoms with E-state index in [1.54, 1.807) is 6.20 Å². The number of allylic oxidation sites excluding steroid dienone is 1. The monoisotopic (exact) mass is 322 g/mol. The van der Waals surface area contributed by atoms with Gasteiger partial charge in [0.2, 0.25) is 0 Å². The molecule has 2 aromatic rings. The fourth-order valence-electron chi connectivity index (χ4n) is 3.14. The molecule has 2 heterocycles. The second-order valence-corrected chi connectivity index (χ2v) is 6.22. The van der Waals surface area contributed by atoms with Crippen molar-refractivity contribution < 1.29 is 9.90 Å². The molecule has 0 bridgehead atoms. The molecule has 1 aromatic carbocycles. The molecule has 2 atom stereocenters. The molecular formula is C20H22N2O2. The summed E-state index contributed by atoms with van der Waals surface area (Å²) in [4.78, 5) is 17.8. The van der Waals surface area contributed by atoms with Gasteiger partial charge in [0.1, 0.15) is 6.04 Å². The van der Waals surface area contributed by atoms with Gasteiger partial charge in [0.05, 0.1) is 5.69 Å². The van der Waals surface area contributed by atoms with Crippen LogP contribution in [0.25, 0.3) is 0 Å². The third kappa shape index (κ3) is 3.65. The van der Waals surface area contributed by atoms with Gasteiger partial charge in [-0.15, -0.1) is 0 Å². The number of carbonyl (C=O) groups is 1. The van der Waals surface area contributed by atoms with Crippen molar-refractivity contribution in [3.05, 3.63) is 77.8 Å². The van der Waals surface area contributed by atoms with E-state index in [2.05, 4.69) is 42.2 Å². The highest BCUT2D eigenvalue weighted by Crippen LogP contribution is 2.26. The number of carboxylic acids is 1. The molecule has 0 aliphatic carbocycles. The predicted octanol–water partition coefficient (Wildman–Crippen LogP) is 3.58. The molecular weight excluding hydrogens is 300 g/mol. The molecule has 4 nitrogen and oxygen atoms in total. The Balaban J connectivity index is 1.89. The minimum atomic E-state index is -0.748. The van der Waals surface area contributed by atoms with Gasteiger partial charge in [-0.05, 0) is 43.7 Å². The van der Waals surface area contributed by atoms with Crippen molar-refractivity contribution >= 4 is 5.97 Å². The zero-order valence-electron chi connectivity index (χ0n) is 13.8. The van der Waals surface area contributed by atoms with Gasteiger partial charge in [-0.1, -0.05) is 42.0 Å². The van der Waals surface area contributed by atoms with Gasteiger partial charge < -0.3 is 10.0 Å². The van der Waals surface area contributed by atoms with E-state index in [-0.39, 0.29) is 5.92 Å². The average molecular weight is 322 g/mol. The maximum absolute atomic E-state index is 11.3. The number of nitrogens with zero attached hydrogens (tertiary/aromatic N) is 2. The molecule has 0 amide bonds. The normalized spacial score (nSPS) is 18.9. The van der Waals surface area contributed by atoms with Crippen molar-refractivity contribution in [2.45, 2.75) is 31.7 Å². The van der Waals surface area contributed by atoms with Crippen molar-refractivity contribution in [3.63, 3.8) is 0 Å². The van der Waals surface area contributed by atoms with Crippen LogP contribution >= 0.6 is 0 Å². The molecule has 124 valence electrons. The molecule has 1 fully saturated rings. The molecule has 3 rings (SSSR count). The van der Waals surface area contributed by atoms with E-state index in [0.29, 0.717) is 6.42 Å². The van der Waals surface area contributed by atoms with Crippen molar-refractivity contribution in [1.82, 2.24) is 9.88 Å². The molecule has 24 heavy (non-hydrogen) atoms. The third-order valence-corrected chi connectivity index (χ3v) is 4.49. The van der Waals surface area contributed by atoms with E-state index in [9.17, 15) is 9.90 Å². The summed E-state index contributed by atoms with van der Waals surface area (Å²) in [6.07, 6.45) is 7.41. The van der Waals surface area contributed by atoms with Gasteiger partial charge in [-0.3, -0.25) is 4.98 Å². The number of carboxylic acid groups (broad SMARTS) is 1. The van der Waals surface area contributed by atoms with Gasteiger partial charge in [0.15, 0.2) is 0 Å². The van der Waals surface area contributed by atoms with Crippen molar-refractivity contribution in [3.8, 4) is 0 Å². The maximum Gasteiger partial charge on any atom is 0.326 e. The highest BCUT2D eigenvalue weighted by molar-refractivity contribution is 5.74. The van der Waals surface area contributed by atoms with Crippen molar-refractivity contribution in [1.29, 1.82) is 0 Å². The Hall–Kier alpha value is -2.62. The summed E-state index contributed by atoms with van der Waals surface area (Å²) < 4.78 is 0. The Kier molecular flexibility index (Phi) is 4.94. The molecule has 1 aliphatic rings. The summed E-state index contributed by atoms with van der Waals surface area (Å²) >= 11 is 0. The highest BCUT2D eigenvalue weighted by atomic mass is 16.4. The molecule has 0 radical (unpaired) electrons. The molecule has 4 heteroatoms. The number of aromatic nitrogens is 1. The fraction of sp³-hybridized carbons (Fsp3) is 0.300. The van der Waals surface area contributed by atoms with Gasteiger partial charge in [0.25, 0.3) is 0 Å². The quantitative estimate of drug-likeness (QED) is 0.914.